The monoisotopic (exact) mass is 413 g/mol. The zero-order chi connectivity index (χ0) is 17.6. The number of aromatic nitrogens is 2. The molecule has 2 aromatic carbocycles. The van der Waals surface area contributed by atoms with Gasteiger partial charge in [-0.3, -0.25) is 4.79 Å². The first-order valence-corrected chi connectivity index (χ1v) is 9.47. The van der Waals surface area contributed by atoms with Crippen molar-refractivity contribution >= 4 is 39.3 Å². The lowest BCUT2D eigenvalue weighted by Gasteiger charge is -2.06. The van der Waals surface area contributed by atoms with Gasteiger partial charge in [0.1, 0.15) is 5.03 Å². The molecule has 6 heteroatoms. The Kier molecular flexibility index (Phi) is 5.83. The number of carbonyl (C=O) groups is 1. The zero-order valence-electron chi connectivity index (χ0n) is 13.6. The van der Waals surface area contributed by atoms with Crippen LogP contribution in [-0.4, -0.2) is 21.9 Å². The van der Waals surface area contributed by atoms with E-state index in [-0.39, 0.29) is 5.91 Å². The van der Waals surface area contributed by atoms with Crippen LogP contribution in [0.2, 0.25) is 0 Å². The molecule has 0 unspecified atom stereocenters. The maximum Gasteiger partial charge on any atom is 0.234 e. The van der Waals surface area contributed by atoms with E-state index in [0.29, 0.717) is 5.75 Å². The Bertz CT molecular complexity index is 867. The van der Waals surface area contributed by atoms with E-state index in [1.165, 1.54) is 11.8 Å². The molecular formula is C19H16BrN3OS. The molecule has 0 spiro atoms. The number of halogens is 1. The molecule has 0 radical (unpaired) electrons. The van der Waals surface area contributed by atoms with Gasteiger partial charge in [-0.1, -0.05) is 52.0 Å². The number of benzene rings is 2. The first-order valence-electron chi connectivity index (χ1n) is 7.69. The summed E-state index contributed by atoms with van der Waals surface area (Å²) in [5.74, 6) is 0.231. The Hall–Kier alpha value is -2.18. The summed E-state index contributed by atoms with van der Waals surface area (Å²) in [6, 6.07) is 19.4. The largest absolute Gasteiger partial charge is 0.325 e. The number of amides is 1. The smallest absolute Gasteiger partial charge is 0.234 e. The second-order valence-corrected chi connectivity index (χ2v) is 7.38. The number of rotatable bonds is 5. The number of nitrogens with one attached hydrogen (secondary N) is 1. The van der Waals surface area contributed by atoms with E-state index in [1.54, 1.807) is 0 Å². The first kappa shape index (κ1) is 17.6. The summed E-state index contributed by atoms with van der Waals surface area (Å²) >= 11 is 4.78. The van der Waals surface area contributed by atoms with Gasteiger partial charge in [0.2, 0.25) is 5.91 Å². The van der Waals surface area contributed by atoms with Crippen LogP contribution >= 0.6 is 27.7 Å². The molecule has 4 nitrogen and oxygen atoms in total. The molecule has 0 saturated carbocycles. The molecule has 25 heavy (non-hydrogen) atoms. The molecule has 3 aromatic rings. The number of hydrogen-bond donors (Lipinski definition) is 1. The van der Waals surface area contributed by atoms with E-state index in [2.05, 4.69) is 31.4 Å². The molecule has 0 atom stereocenters. The van der Waals surface area contributed by atoms with Crippen LogP contribution < -0.4 is 5.32 Å². The fourth-order valence-corrected chi connectivity index (χ4v) is 3.11. The van der Waals surface area contributed by atoms with E-state index >= 15 is 0 Å². The number of carbonyl (C=O) groups excluding carboxylic acids is 1. The SMILES string of the molecule is Cc1cccc(NC(=O)CSc2ccc(-c3ccc(Br)cc3)nn2)c1. The number of anilines is 1. The molecule has 1 heterocycles. The summed E-state index contributed by atoms with van der Waals surface area (Å²) in [4.78, 5) is 12.0. The lowest BCUT2D eigenvalue weighted by atomic mass is 10.1. The highest BCUT2D eigenvalue weighted by molar-refractivity contribution is 9.10. The van der Waals surface area contributed by atoms with Crippen LogP contribution in [0.5, 0.6) is 0 Å². The maximum absolute atomic E-state index is 12.0. The van der Waals surface area contributed by atoms with Crippen molar-refractivity contribution < 1.29 is 4.79 Å². The number of thioether (sulfide) groups is 1. The van der Waals surface area contributed by atoms with E-state index in [9.17, 15) is 4.79 Å². The molecule has 0 aliphatic rings. The summed E-state index contributed by atoms with van der Waals surface area (Å²) in [5, 5.41) is 12.0. The van der Waals surface area contributed by atoms with Crippen molar-refractivity contribution in [3.8, 4) is 11.3 Å². The Morgan fingerprint density at radius 2 is 1.88 bits per heavy atom. The molecule has 0 aliphatic heterocycles. The van der Waals surface area contributed by atoms with Gasteiger partial charge in [0, 0.05) is 15.7 Å². The third-order valence-corrected chi connectivity index (χ3v) is 4.88. The van der Waals surface area contributed by atoms with E-state index in [4.69, 9.17) is 0 Å². The van der Waals surface area contributed by atoms with Crippen LogP contribution in [0.15, 0.2) is 70.2 Å². The van der Waals surface area contributed by atoms with Crippen molar-refractivity contribution in [3.63, 3.8) is 0 Å². The predicted molar refractivity (Wildman–Crippen MR) is 106 cm³/mol. The Balaban J connectivity index is 1.56. The van der Waals surface area contributed by atoms with E-state index in [1.807, 2.05) is 67.6 Å². The highest BCUT2D eigenvalue weighted by Crippen LogP contribution is 2.22. The third kappa shape index (κ3) is 5.14. The van der Waals surface area contributed by atoms with Crippen LogP contribution in [0.3, 0.4) is 0 Å². The van der Waals surface area contributed by atoms with Gasteiger partial charge in [0.05, 0.1) is 11.4 Å². The van der Waals surface area contributed by atoms with Gasteiger partial charge in [0.25, 0.3) is 0 Å². The normalized spacial score (nSPS) is 10.5. The Morgan fingerprint density at radius 3 is 2.56 bits per heavy atom. The minimum Gasteiger partial charge on any atom is -0.325 e. The molecule has 1 amide bonds. The van der Waals surface area contributed by atoms with Gasteiger partial charge in [0.15, 0.2) is 0 Å². The maximum atomic E-state index is 12.0. The highest BCUT2D eigenvalue weighted by atomic mass is 79.9. The molecule has 0 bridgehead atoms. The summed E-state index contributed by atoms with van der Waals surface area (Å²) in [5.41, 5.74) is 3.73. The minimum absolute atomic E-state index is 0.0608. The molecule has 0 aliphatic carbocycles. The summed E-state index contributed by atoms with van der Waals surface area (Å²) in [6.07, 6.45) is 0. The average Bonchev–Trinajstić information content (AvgIpc) is 2.61. The quantitative estimate of drug-likeness (QED) is 0.601. The van der Waals surface area contributed by atoms with Crippen molar-refractivity contribution in [2.24, 2.45) is 0 Å². The number of nitrogens with zero attached hydrogens (tertiary/aromatic N) is 2. The van der Waals surface area contributed by atoms with Gasteiger partial charge in [-0.2, -0.15) is 0 Å². The first-order chi connectivity index (χ1) is 12.1. The Morgan fingerprint density at radius 1 is 1.08 bits per heavy atom. The third-order valence-electron chi connectivity index (χ3n) is 3.43. The van der Waals surface area contributed by atoms with Crippen LogP contribution in [0.1, 0.15) is 5.56 Å². The fourth-order valence-electron chi connectivity index (χ4n) is 2.23. The van der Waals surface area contributed by atoms with Gasteiger partial charge < -0.3 is 5.32 Å². The summed E-state index contributed by atoms with van der Waals surface area (Å²) in [6.45, 7) is 1.99. The summed E-state index contributed by atoms with van der Waals surface area (Å²) in [7, 11) is 0. The second kappa shape index (κ2) is 8.27. The molecule has 0 saturated heterocycles. The van der Waals surface area contributed by atoms with Crippen LogP contribution in [0.4, 0.5) is 5.69 Å². The second-order valence-electron chi connectivity index (χ2n) is 5.47. The topological polar surface area (TPSA) is 54.9 Å². The average molecular weight is 414 g/mol. The van der Waals surface area contributed by atoms with Crippen molar-refractivity contribution in [2.75, 3.05) is 11.1 Å². The Labute approximate surface area is 159 Å². The molecular weight excluding hydrogens is 398 g/mol. The van der Waals surface area contributed by atoms with Crippen molar-refractivity contribution in [1.82, 2.24) is 10.2 Å². The zero-order valence-corrected chi connectivity index (χ0v) is 16.0. The van der Waals surface area contributed by atoms with Crippen LogP contribution in [0.25, 0.3) is 11.3 Å². The van der Waals surface area contributed by atoms with Gasteiger partial charge in [-0.25, -0.2) is 0 Å². The molecule has 1 N–H and O–H groups in total. The van der Waals surface area contributed by atoms with Gasteiger partial charge in [-0.15, -0.1) is 10.2 Å². The predicted octanol–water partition coefficient (Wildman–Crippen LogP) is 4.95. The van der Waals surface area contributed by atoms with Crippen LogP contribution in [0, 0.1) is 6.92 Å². The molecule has 0 fully saturated rings. The van der Waals surface area contributed by atoms with Crippen molar-refractivity contribution in [3.05, 3.63) is 70.7 Å². The van der Waals surface area contributed by atoms with E-state index < -0.39 is 0 Å². The summed E-state index contributed by atoms with van der Waals surface area (Å²) < 4.78 is 1.02. The number of aryl methyl sites for hydroxylation is 1. The molecule has 126 valence electrons. The van der Waals surface area contributed by atoms with E-state index in [0.717, 1.165) is 32.0 Å². The molecule has 3 rings (SSSR count). The van der Waals surface area contributed by atoms with Crippen molar-refractivity contribution in [2.45, 2.75) is 11.9 Å². The lowest BCUT2D eigenvalue weighted by molar-refractivity contribution is -0.113. The minimum atomic E-state index is -0.0608. The van der Waals surface area contributed by atoms with Gasteiger partial charge >= 0.3 is 0 Å². The number of hydrogen-bond acceptors (Lipinski definition) is 4. The highest BCUT2D eigenvalue weighted by Gasteiger charge is 2.06. The lowest BCUT2D eigenvalue weighted by Crippen LogP contribution is -2.14. The van der Waals surface area contributed by atoms with Gasteiger partial charge in [-0.05, 0) is 48.9 Å². The molecule has 1 aromatic heterocycles. The van der Waals surface area contributed by atoms with Crippen molar-refractivity contribution in [1.29, 1.82) is 0 Å². The fraction of sp³-hybridized carbons (Fsp3) is 0.105. The standard InChI is InChI=1S/C19H16BrN3OS/c1-13-3-2-4-16(11-13)21-18(24)12-25-19-10-9-17(22-23-19)14-5-7-15(20)8-6-14/h2-11H,12H2,1H3,(H,21,24). The van der Waals surface area contributed by atoms with Crippen LogP contribution in [-0.2, 0) is 4.79 Å².